The van der Waals surface area contributed by atoms with Crippen LogP contribution in [0, 0.1) is 0 Å². The molecule has 0 saturated heterocycles. The zero-order valence-electron chi connectivity index (χ0n) is 10.9. The van der Waals surface area contributed by atoms with Crippen LogP contribution in [0.15, 0.2) is 36.5 Å². The highest BCUT2D eigenvalue weighted by Gasteiger charge is 2.16. The SMILES string of the molecule is CCOC(=O)CC(CO)c1cnc2ccccc2c1. The van der Waals surface area contributed by atoms with Crippen molar-refractivity contribution in [2.75, 3.05) is 13.2 Å². The number of carbonyl (C=O) groups is 1. The lowest BCUT2D eigenvalue weighted by atomic mass is 9.97. The maximum atomic E-state index is 11.5. The average molecular weight is 259 g/mol. The van der Waals surface area contributed by atoms with Gasteiger partial charge >= 0.3 is 5.97 Å². The van der Waals surface area contributed by atoms with E-state index < -0.39 is 0 Å². The molecular formula is C15H17NO3. The molecule has 0 radical (unpaired) electrons. The lowest BCUT2D eigenvalue weighted by molar-refractivity contribution is -0.143. The molecule has 1 aromatic carbocycles. The fourth-order valence-corrected chi connectivity index (χ4v) is 2.02. The predicted octanol–water partition coefficient (Wildman–Crippen LogP) is 2.26. The third-order valence-corrected chi connectivity index (χ3v) is 3.02. The topological polar surface area (TPSA) is 59.4 Å². The lowest BCUT2D eigenvalue weighted by Crippen LogP contribution is -2.13. The van der Waals surface area contributed by atoms with Gasteiger partial charge in [-0.05, 0) is 24.6 Å². The molecule has 0 aliphatic rings. The van der Waals surface area contributed by atoms with Crippen molar-refractivity contribution in [2.24, 2.45) is 0 Å². The molecule has 1 atom stereocenters. The second-order valence-electron chi connectivity index (χ2n) is 4.35. The molecule has 4 heteroatoms. The summed E-state index contributed by atoms with van der Waals surface area (Å²) in [6, 6.07) is 9.72. The van der Waals surface area contributed by atoms with E-state index in [1.165, 1.54) is 0 Å². The van der Waals surface area contributed by atoms with Crippen LogP contribution in [0.4, 0.5) is 0 Å². The number of aliphatic hydroxyl groups is 1. The van der Waals surface area contributed by atoms with Gasteiger partial charge in [0.2, 0.25) is 0 Å². The molecule has 0 amide bonds. The Labute approximate surface area is 112 Å². The minimum absolute atomic E-state index is 0.0984. The molecule has 0 spiro atoms. The number of hydrogen-bond donors (Lipinski definition) is 1. The molecule has 0 aliphatic heterocycles. The maximum Gasteiger partial charge on any atom is 0.306 e. The Morgan fingerprint density at radius 1 is 1.42 bits per heavy atom. The molecule has 1 unspecified atom stereocenters. The van der Waals surface area contributed by atoms with Gasteiger partial charge in [-0.15, -0.1) is 0 Å². The van der Waals surface area contributed by atoms with Gasteiger partial charge in [0.1, 0.15) is 0 Å². The van der Waals surface area contributed by atoms with Crippen LogP contribution in [0.2, 0.25) is 0 Å². The summed E-state index contributed by atoms with van der Waals surface area (Å²) in [4.78, 5) is 15.8. The van der Waals surface area contributed by atoms with Crippen molar-refractivity contribution in [3.05, 3.63) is 42.1 Å². The number of hydrogen-bond acceptors (Lipinski definition) is 4. The lowest BCUT2D eigenvalue weighted by Gasteiger charge is -2.14. The molecule has 100 valence electrons. The van der Waals surface area contributed by atoms with E-state index in [2.05, 4.69) is 4.98 Å². The molecule has 19 heavy (non-hydrogen) atoms. The maximum absolute atomic E-state index is 11.5. The van der Waals surface area contributed by atoms with E-state index in [0.29, 0.717) is 6.61 Å². The highest BCUT2D eigenvalue weighted by atomic mass is 16.5. The number of nitrogens with zero attached hydrogens (tertiary/aromatic N) is 1. The second kappa shape index (κ2) is 6.29. The number of rotatable bonds is 5. The summed E-state index contributed by atoms with van der Waals surface area (Å²) in [5, 5.41) is 10.4. The molecule has 4 nitrogen and oxygen atoms in total. The minimum atomic E-state index is -0.297. The average Bonchev–Trinajstić information content (AvgIpc) is 2.44. The van der Waals surface area contributed by atoms with Crippen LogP contribution in [0.25, 0.3) is 10.9 Å². The first-order chi connectivity index (χ1) is 9.24. The highest BCUT2D eigenvalue weighted by Crippen LogP contribution is 2.22. The van der Waals surface area contributed by atoms with Crippen LogP contribution in [0.1, 0.15) is 24.8 Å². The van der Waals surface area contributed by atoms with Gasteiger partial charge in [-0.3, -0.25) is 9.78 Å². The first-order valence-corrected chi connectivity index (χ1v) is 6.35. The van der Waals surface area contributed by atoms with Crippen molar-refractivity contribution < 1.29 is 14.6 Å². The number of pyridine rings is 1. The minimum Gasteiger partial charge on any atom is -0.466 e. The van der Waals surface area contributed by atoms with Gasteiger partial charge in [0.15, 0.2) is 0 Å². The summed E-state index contributed by atoms with van der Waals surface area (Å²) in [5.74, 6) is -0.564. The number of esters is 1. The van der Waals surface area contributed by atoms with Crippen molar-refractivity contribution >= 4 is 16.9 Å². The predicted molar refractivity (Wildman–Crippen MR) is 72.8 cm³/mol. The van der Waals surface area contributed by atoms with Crippen molar-refractivity contribution in [1.29, 1.82) is 0 Å². The Morgan fingerprint density at radius 3 is 2.95 bits per heavy atom. The largest absolute Gasteiger partial charge is 0.466 e. The fourth-order valence-electron chi connectivity index (χ4n) is 2.02. The standard InChI is InChI=1S/C15H17NO3/c1-2-19-15(18)8-13(10-17)12-7-11-5-3-4-6-14(11)16-9-12/h3-7,9,13,17H,2,8,10H2,1H3. The van der Waals surface area contributed by atoms with Crippen LogP contribution in [0.3, 0.4) is 0 Å². The Kier molecular flexibility index (Phi) is 4.47. The number of para-hydroxylation sites is 1. The third kappa shape index (κ3) is 3.29. The van der Waals surface area contributed by atoms with Crippen LogP contribution in [0.5, 0.6) is 0 Å². The Hall–Kier alpha value is -1.94. The molecule has 2 aromatic rings. The van der Waals surface area contributed by atoms with Crippen LogP contribution < -0.4 is 0 Å². The van der Waals surface area contributed by atoms with Gasteiger partial charge < -0.3 is 9.84 Å². The van der Waals surface area contributed by atoms with E-state index in [1.807, 2.05) is 30.3 Å². The number of benzene rings is 1. The van der Waals surface area contributed by atoms with E-state index >= 15 is 0 Å². The van der Waals surface area contributed by atoms with Crippen molar-refractivity contribution in [3.8, 4) is 0 Å². The molecule has 1 heterocycles. The molecule has 1 N–H and O–H groups in total. The van der Waals surface area contributed by atoms with E-state index in [0.717, 1.165) is 16.5 Å². The molecular weight excluding hydrogens is 242 g/mol. The monoisotopic (exact) mass is 259 g/mol. The van der Waals surface area contributed by atoms with E-state index in [-0.39, 0.29) is 24.9 Å². The summed E-state index contributed by atoms with van der Waals surface area (Å²) >= 11 is 0. The van der Waals surface area contributed by atoms with Crippen LogP contribution in [-0.4, -0.2) is 29.3 Å². The quantitative estimate of drug-likeness (QED) is 0.837. The fraction of sp³-hybridized carbons (Fsp3) is 0.333. The smallest absolute Gasteiger partial charge is 0.306 e. The number of aromatic nitrogens is 1. The van der Waals surface area contributed by atoms with E-state index in [4.69, 9.17) is 4.74 Å². The summed E-state index contributed by atoms with van der Waals surface area (Å²) in [5.41, 5.74) is 1.76. The Morgan fingerprint density at radius 2 is 2.21 bits per heavy atom. The van der Waals surface area contributed by atoms with Gasteiger partial charge in [0.25, 0.3) is 0 Å². The Balaban J connectivity index is 2.22. The van der Waals surface area contributed by atoms with Gasteiger partial charge in [0.05, 0.1) is 25.2 Å². The molecule has 0 saturated carbocycles. The zero-order valence-corrected chi connectivity index (χ0v) is 10.9. The van der Waals surface area contributed by atoms with Crippen molar-refractivity contribution in [1.82, 2.24) is 4.98 Å². The molecule has 0 aliphatic carbocycles. The van der Waals surface area contributed by atoms with Crippen molar-refractivity contribution in [2.45, 2.75) is 19.3 Å². The van der Waals surface area contributed by atoms with E-state index in [1.54, 1.807) is 13.1 Å². The van der Waals surface area contributed by atoms with Crippen LogP contribution >= 0.6 is 0 Å². The van der Waals surface area contributed by atoms with Crippen molar-refractivity contribution in [3.63, 3.8) is 0 Å². The summed E-state index contributed by atoms with van der Waals surface area (Å²) < 4.78 is 4.91. The summed E-state index contributed by atoms with van der Waals surface area (Å²) in [6.45, 7) is 2.02. The normalized spacial score (nSPS) is 12.3. The summed E-state index contributed by atoms with van der Waals surface area (Å²) in [6.07, 6.45) is 1.88. The first-order valence-electron chi connectivity index (χ1n) is 6.35. The summed E-state index contributed by atoms with van der Waals surface area (Å²) in [7, 11) is 0. The molecule has 2 rings (SSSR count). The van der Waals surface area contributed by atoms with Crippen LogP contribution in [-0.2, 0) is 9.53 Å². The zero-order chi connectivity index (χ0) is 13.7. The molecule has 0 fully saturated rings. The molecule has 0 bridgehead atoms. The Bertz CT molecular complexity index is 568. The number of carbonyl (C=O) groups excluding carboxylic acids is 1. The molecule has 1 aromatic heterocycles. The number of fused-ring (bicyclic) bond motifs is 1. The number of ether oxygens (including phenoxy) is 1. The van der Waals surface area contributed by atoms with Gasteiger partial charge in [0, 0.05) is 17.5 Å². The third-order valence-electron chi connectivity index (χ3n) is 3.02. The first kappa shape index (κ1) is 13.5. The highest BCUT2D eigenvalue weighted by molar-refractivity contribution is 5.79. The second-order valence-corrected chi connectivity index (χ2v) is 4.35. The van der Waals surface area contributed by atoms with E-state index in [9.17, 15) is 9.90 Å². The van der Waals surface area contributed by atoms with Gasteiger partial charge in [-0.25, -0.2) is 0 Å². The van der Waals surface area contributed by atoms with Gasteiger partial charge in [-0.1, -0.05) is 18.2 Å². The van der Waals surface area contributed by atoms with Gasteiger partial charge in [-0.2, -0.15) is 0 Å². The number of aliphatic hydroxyl groups excluding tert-OH is 1.